The molecule has 0 saturated carbocycles. The number of carbonyl (C=O) groups excluding carboxylic acids is 5. The molecule has 22 nitrogen and oxygen atoms in total. The molecule has 24 heteroatoms. The molecule has 4 N–H and O–H groups in total. The maximum absolute atomic E-state index is 14.2. The quantitative estimate of drug-likeness (QED) is 0.0260. The van der Waals surface area contributed by atoms with Gasteiger partial charge in [-0.15, -0.1) is 16.4 Å². The van der Waals surface area contributed by atoms with E-state index in [9.17, 15) is 33.5 Å². The summed E-state index contributed by atoms with van der Waals surface area (Å²) in [5.74, 6) is 1.07. The maximum atomic E-state index is 14.2. The Labute approximate surface area is 600 Å². The van der Waals surface area contributed by atoms with Crippen LogP contribution in [0.1, 0.15) is 178 Å². The number of imidazole rings is 1. The number of benzene rings is 2. The standard InChI is InChI=1S/C77H109FN12O10S/c1-57-73(101-56-82-57)59-31-29-58(30-32-59)53-81-75(95)65-52-62(91)55-89(65)76(96)79-37-19-17-15-13-11-9-7-5-6-8-10-12-14-16-18-27-67(92)74(77(2,3)4)84-71(93)35-43-97-45-47-99-49-50-100-48-46-98-44-36-72(94)87-41-39-86(40-42-87)69-28-21-25-63(83-69)66-54-80-68-33-34-70(85-90(66)68)88-38-22-26-64(88)60-23-20-24-61(78)51-60/h20-21,23-25,28-34,51,54,56,62,64-65,74,91H,5-19,22,26-27,35-50,52-53,55H2,1-4H3,(H,79,96)(H,81,95)(H,84,93)/t62-,64-,65+,74-/m1/s1. The van der Waals surface area contributed by atoms with Crippen LogP contribution in [-0.2, 0) is 44.7 Å². The highest BCUT2D eigenvalue weighted by molar-refractivity contribution is 7.13. The Bertz CT molecular complexity index is 3520. The van der Waals surface area contributed by atoms with Gasteiger partial charge in [-0.25, -0.2) is 28.7 Å². The number of unbranched alkanes of at least 4 members (excludes halogenated alkanes) is 14. The molecule has 550 valence electrons. The monoisotopic (exact) mass is 1410 g/mol. The third kappa shape index (κ3) is 24.6. The zero-order valence-corrected chi connectivity index (χ0v) is 60.9. The summed E-state index contributed by atoms with van der Waals surface area (Å²) in [5, 5.41) is 24.3. The third-order valence-corrected chi connectivity index (χ3v) is 20.2. The first kappa shape index (κ1) is 77.7. The molecule has 0 bridgehead atoms. The van der Waals surface area contributed by atoms with Crippen LogP contribution in [0.4, 0.5) is 20.8 Å². The Kier molecular flexibility index (Phi) is 31.5. The van der Waals surface area contributed by atoms with E-state index in [2.05, 4.69) is 35.7 Å². The topological polar surface area (TPSA) is 248 Å². The first-order valence-corrected chi connectivity index (χ1v) is 38.0. The molecule has 9 rings (SSSR count). The summed E-state index contributed by atoms with van der Waals surface area (Å²) in [5.41, 5.74) is 7.65. The van der Waals surface area contributed by atoms with E-state index in [1.807, 2.05) is 103 Å². The molecule has 3 fully saturated rings. The number of urea groups is 1. The molecule has 2 aromatic carbocycles. The average Bonchev–Trinajstić information content (AvgIpc) is 1.66. The van der Waals surface area contributed by atoms with Crippen molar-refractivity contribution in [1.82, 2.24) is 50.3 Å². The SMILES string of the molecule is Cc1ncsc1-c1ccc(CNC(=O)[C@@H]2C[C@@H](O)CN2C(=O)NCCCCCCCCCCCCCCCCCC(=O)[C@@H](NC(=O)CCOCCOCCOCCOCCC(=O)N2CCN(c3cccc(-c4cnc5ccc(N6CCC[C@@H]6c6cccc(F)c6)nn45)n3)CC2)C(C)(C)C)cc1. The summed E-state index contributed by atoms with van der Waals surface area (Å²) in [6.07, 6.45) is 21.1. The molecule has 0 aliphatic carbocycles. The number of anilines is 2. The number of likely N-dealkylation sites (tertiary alicyclic amines) is 1. The zero-order valence-electron chi connectivity index (χ0n) is 60.1. The van der Waals surface area contributed by atoms with Gasteiger partial charge in [0.15, 0.2) is 11.4 Å². The summed E-state index contributed by atoms with van der Waals surface area (Å²) in [6.45, 7) is 15.0. The van der Waals surface area contributed by atoms with Crippen molar-refractivity contribution in [1.29, 1.82) is 0 Å². The summed E-state index contributed by atoms with van der Waals surface area (Å²) in [4.78, 5) is 88.4. The smallest absolute Gasteiger partial charge is 0.318 e. The first-order valence-electron chi connectivity index (χ1n) is 37.1. The van der Waals surface area contributed by atoms with Gasteiger partial charge in [-0.05, 0) is 91.1 Å². The van der Waals surface area contributed by atoms with E-state index in [1.54, 1.807) is 29.7 Å². The summed E-state index contributed by atoms with van der Waals surface area (Å²) < 4.78 is 38.7. The van der Waals surface area contributed by atoms with Crippen LogP contribution in [0.5, 0.6) is 0 Å². The number of halogens is 1. The Morgan fingerprint density at radius 2 is 1.32 bits per heavy atom. The number of hydrogen-bond donors (Lipinski definition) is 4. The van der Waals surface area contributed by atoms with Crippen molar-refractivity contribution in [2.75, 3.05) is 108 Å². The number of thiazole rings is 1. The van der Waals surface area contributed by atoms with Crippen molar-refractivity contribution < 1.29 is 52.4 Å². The lowest BCUT2D eigenvalue weighted by molar-refractivity contribution is -0.132. The average molecular weight is 1410 g/mol. The van der Waals surface area contributed by atoms with Gasteiger partial charge in [0.25, 0.3) is 0 Å². The molecule has 7 heterocycles. The van der Waals surface area contributed by atoms with Crippen LogP contribution in [0, 0.1) is 18.2 Å². The van der Waals surface area contributed by atoms with Crippen molar-refractivity contribution in [2.45, 2.75) is 193 Å². The second-order valence-corrected chi connectivity index (χ2v) is 28.9. The number of nitrogens with zero attached hydrogens (tertiary/aromatic N) is 9. The van der Waals surface area contributed by atoms with E-state index in [0.717, 1.165) is 108 Å². The van der Waals surface area contributed by atoms with E-state index < -0.39 is 23.6 Å². The van der Waals surface area contributed by atoms with Gasteiger partial charge >= 0.3 is 6.03 Å². The molecule has 6 aromatic rings. The predicted octanol–water partition coefficient (Wildman–Crippen LogP) is 12.0. The highest BCUT2D eigenvalue weighted by Crippen LogP contribution is 2.36. The predicted molar refractivity (Wildman–Crippen MR) is 392 cm³/mol. The van der Waals surface area contributed by atoms with Crippen molar-refractivity contribution in [3.8, 4) is 21.8 Å². The number of hydrogen-bond acceptors (Lipinski definition) is 17. The lowest BCUT2D eigenvalue weighted by Gasteiger charge is -2.35. The molecule has 0 radical (unpaired) electrons. The normalized spacial score (nSPS) is 16.7. The van der Waals surface area contributed by atoms with Crippen LogP contribution in [0.25, 0.3) is 27.5 Å². The van der Waals surface area contributed by atoms with Crippen molar-refractivity contribution in [3.05, 3.63) is 113 Å². The molecule has 0 spiro atoms. The second kappa shape index (κ2) is 41.0. The number of aliphatic hydroxyl groups is 1. The van der Waals surface area contributed by atoms with Gasteiger partial charge in [-0.1, -0.05) is 147 Å². The minimum Gasteiger partial charge on any atom is -0.391 e. The van der Waals surface area contributed by atoms with Gasteiger partial charge in [0.1, 0.15) is 29.2 Å². The van der Waals surface area contributed by atoms with E-state index in [0.29, 0.717) is 97.6 Å². The number of amides is 5. The van der Waals surface area contributed by atoms with Crippen LogP contribution in [0.15, 0.2) is 90.6 Å². The molecule has 5 amide bonds. The molecule has 3 aliphatic rings. The lowest BCUT2D eigenvalue weighted by atomic mass is 9.82. The molecule has 0 unspecified atom stereocenters. The van der Waals surface area contributed by atoms with E-state index >= 15 is 0 Å². The maximum Gasteiger partial charge on any atom is 0.318 e. The molecule has 3 saturated heterocycles. The van der Waals surface area contributed by atoms with Gasteiger partial charge in [-0.3, -0.25) is 19.2 Å². The molecule has 101 heavy (non-hydrogen) atoms. The van der Waals surface area contributed by atoms with Gasteiger partial charge in [0, 0.05) is 71.6 Å². The summed E-state index contributed by atoms with van der Waals surface area (Å²) in [6, 6.07) is 23.2. The van der Waals surface area contributed by atoms with Gasteiger partial charge in [-0.2, -0.15) is 0 Å². The number of Topliss-reactive ketones (excluding diaryl/α,β-unsaturated/α-hetero) is 1. The number of ketones is 1. The summed E-state index contributed by atoms with van der Waals surface area (Å²) in [7, 11) is 0. The van der Waals surface area contributed by atoms with E-state index in [-0.39, 0.29) is 73.8 Å². The first-order chi connectivity index (χ1) is 49.1. The van der Waals surface area contributed by atoms with Gasteiger partial charge < -0.3 is 59.6 Å². The second-order valence-electron chi connectivity index (χ2n) is 28.1. The number of rotatable bonds is 43. The number of aryl methyl sites for hydroxylation is 1. The Hall–Kier alpha value is -7.48. The highest BCUT2D eigenvalue weighted by Gasteiger charge is 2.39. The lowest BCUT2D eigenvalue weighted by Crippen LogP contribution is -2.49. The van der Waals surface area contributed by atoms with Gasteiger partial charge in [0.2, 0.25) is 17.7 Å². The number of aliphatic hydroxyl groups excluding tert-OH is 1. The minimum atomic E-state index is -0.726. The van der Waals surface area contributed by atoms with Crippen LogP contribution in [-0.4, -0.2) is 186 Å². The Morgan fingerprint density at radius 3 is 1.96 bits per heavy atom. The number of carbonyl (C=O) groups is 5. The zero-order chi connectivity index (χ0) is 71.2. The molecular formula is C77H109FN12O10S. The molecular weight excluding hydrogens is 1300 g/mol. The van der Waals surface area contributed by atoms with Crippen molar-refractivity contribution in [3.63, 3.8) is 0 Å². The number of β-amino-alcohol motifs (C(OH)–C–C–N with tert-alkyl or cyclic N) is 1. The fraction of sp³-hybridized carbons (Fsp3) is 0.597. The van der Waals surface area contributed by atoms with Crippen LogP contribution < -0.4 is 25.8 Å². The minimum absolute atomic E-state index is 0.0431. The number of ether oxygens (including phenoxy) is 4. The number of pyridine rings is 1. The molecule has 3 aliphatic heterocycles. The van der Waals surface area contributed by atoms with Crippen LogP contribution in [0.3, 0.4) is 0 Å². The largest absolute Gasteiger partial charge is 0.391 e. The highest BCUT2D eigenvalue weighted by atomic mass is 32.1. The number of piperazine rings is 1. The Balaban J connectivity index is 0.510. The molecule has 4 atom stereocenters. The third-order valence-electron chi connectivity index (χ3n) is 19.3. The fourth-order valence-electron chi connectivity index (χ4n) is 13.6. The van der Waals surface area contributed by atoms with Crippen LogP contribution in [0.2, 0.25) is 0 Å². The fourth-order valence-corrected chi connectivity index (χ4v) is 14.4. The number of nitrogens with one attached hydrogen (secondary N) is 3. The molecule has 4 aromatic heterocycles. The van der Waals surface area contributed by atoms with Crippen molar-refractivity contribution in [2.24, 2.45) is 5.41 Å². The number of aromatic nitrogens is 5. The Morgan fingerprint density at radius 1 is 0.683 bits per heavy atom. The van der Waals surface area contributed by atoms with Crippen molar-refractivity contribution >= 4 is 58.2 Å². The number of fused-ring (bicyclic) bond motifs is 1. The summed E-state index contributed by atoms with van der Waals surface area (Å²) >= 11 is 1.60. The van der Waals surface area contributed by atoms with Gasteiger partial charge in [0.05, 0.1) is 105 Å². The van der Waals surface area contributed by atoms with E-state index in [1.165, 1.54) is 68.8 Å². The van der Waals surface area contributed by atoms with Crippen LogP contribution >= 0.6 is 11.3 Å². The van der Waals surface area contributed by atoms with E-state index in [4.69, 9.17) is 29.0 Å².